The number of amides is 2. The van der Waals surface area contributed by atoms with Crippen molar-refractivity contribution in [2.24, 2.45) is 10.8 Å². The Morgan fingerprint density at radius 3 is 1.26 bits per heavy atom. The Balaban J connectivity index is 0.000000791. The second-order valence-corrected chi connectivity index (χ2v) is 13.2. The fraction of sp³-hybridized carbons (Fsp3) is 0.476. The van der Waals surface area contributed by atoms with Gasteiger partial charge in [0.05, 0.1) is 13.2 Å². The molecule has 288 valence electrons. The van der Waals surface area contributed by atoms with E-state index < -0.39 is 34.1 Å². The topological polar surface area (TPSA) is 59.1 Å². The molecule has 2 aliphatic carbocycles. The molecule has 4 rings (SSSR count). The first kappa shape index (κ1) is 49.7. The van der Waals surface area contributed by atoms with Crippen LogP contribution in [0.5, 0.6) is 0 Å². The molecule has 11 heteroatoms. The van der Waals surface area contributed by atoms with E-state index in [1.807, 2.05) is 78.0 Å². The molecule has 2 aromatic rings. The van der Waals surface area contributed by atoms with E-state index in [0.717, 1.165) is 37.8 Å². The van der Waals surface area contributed by atoms with Crippen molar-refractivity contribution in [3.8, 4) is 0 Å². The van der Waals surface area contributed by atoms with Crippen LogP contribution in [0.15, 0.2) is 60.7 Å². The van der Waals surface area contributed by atoms with Crippen LogP contribution in [0.4, 0.5) is 28.9 Å². The van der Waals surface area contributed by atoms with E-state index in [-0.39, 0.29) is 71.2 Å². The number of anilines is 2. The van der Waals surface area contributed by atoms with E-state index in [2.05, 4.69) is 24.3 Å². The maximum Gasteiger partial charge on any atom is 4.00 e. The molecule has 0 fully saturated rings. The fourth-order valence-corrected chi connectivity index (χ4v) is 5.19. The summed E-state index contributed by atoms with van der Waals surface area (Å²) >= 11 is 0. The Morgan fingerprint density at radius 2 is 1.04 bits per heavy atom. The van der Waals surface area contributed by atoms with E-state index in [4.69, 9.17) is 9.47 Å². The molecule has 0 unspecified atom stereocenters. The van der Waals surface area contributed by atoms with E-state index in [1.54, 1.807) is 0 Å². The summed E-state index contributed by atoms with van der Waals surface area (Å²) in [5.74, 6) is -3.73. The first-order valence-corrected chi connectivity index (χ1v) is 17.5. The number of halogens is 4. The van der Waals surface area contributed by atoms with Crippen molar-refractivity contribution in [1.29, 1.82) is 0 Å². The number of benzene rings is 2. The zero-order chi connectivity index (χ0) is 39.2. The average molecular weight is 775 g/mol. The Bertz CT molecular complexity index is 1380. The number of carbonyl (C=O) groups is 2. The molecule has 0 spiro atoms. The van der Waals surface area contributed by atoms with Gasteiger partial charge in [0.1, 0.15) is 0 Å². The summed E-state index contributed by atoms with van der Waals surface area (Å²) in [6.45, 7) is 12.2. The SMILES string of the molecule is CCCC(C)(C)C(=O)N(CCOC)c1ccc(F)[c-]c1F.CCCC(C)(C)C(=O)N(CCOC)c1ccc(F)[c-]c1F.[C-]1=CC=CC1.[C-]1=CC=CC1.[Ti+4]. The molecule has 2 aromatic carbocycles. The summed E-state index contributed by atoms with van der Waals surface area (Å²) in [5.41, 5.74) is -1.18. The second-order valence-electron chi connectivity index (χ2n) is 13.2. The molecule has 6 nitrogen and oxygen atoms in total. The molecule has 0 saturated heterocycles. The first-order valence-electron chi connectivity index (χ1n) is 17.5. The zero-order valence-electron chi connectivity index (χ0n) is 32.4. The van der Waals surface area contributed by atoms with E-state index in [0.29, 0.717) is 12.8 Å². The van der Waals surface area contributed by atoms with Gasteiger partial charge in [-0.15, -0.1) is 49.2 Å². The fourth-order valence-electron chi connectivity index (χ4n) is 5.19. The van der Waals surface area contributed by atoms with Crippen molar-refractivity contribution >= 4 is 23.2 Å². The third-order valence-electron chi connectivity index (χ3n) is 7.87. The summed E-state index contributed by atoms with van der Waals surface area (Å²) < 4.78 is 63.8. The van der Waals surface area contributed by atoms with Gasteiger partial charge in [0.25, 0.3) is 0 Å². The van der Waals surface area contributed by atoms with Crippen LogP contribution >= 0.6 is 0 Å². The number of allylic oxidation sites excluding steroid dienone is 8. The minimum atomic E-state index is -0.869. The quantitative estimate of drug-likeness (QED) is 0.109. The standard InChI is InChI=1S/2C16H22F2NO2.2C5H5.Ti/c2*1-5-8-16(2,3)15(20)19(9-10-21-4)14-7-6-12(17)11-13(14)18;2*1-2-4-5-3-1;/h2*6-7H,5,8-10H2,1-4H3;2*1-3H,4H2;/q4*-1;+4. The van der Waals surface area contributed by atoms with E-state index >= 15 is 0 Å². The summed E-state index contributed by atoms with van der Waals surface area (Å²) in [5, 5.41) is 0. The van der Waals surface area contributed by atoms with Crippen LogP contribution in [0, 0.1) is 58.4 Å². The van der Waals surface area contributed by atoms with Crippen LogP contribution in [-0.2, 0) is 40.8 Å². The van der Waals surface area contributed by atoms with Gasteiger partial charge >= 0.3 is 21.7 Å². The monoisotopic (exact) mass is 774 g/mol. The Hall–Kier alpha value is -3.31. The van der Waals surface area contributed by atoms with Crippen LogP contribution < -0.4 is 9.80 Å². The predicted molar refractivity (Wildman–Crippen MR) is 199 cm³/mol. The summed E-state index contributed by atoms with van der Waals surface area (Å²) in [6.07, 6.45) is 23.0. The molecule has 0 radical (unpaired) electrons. The van der Waals surface area contributed by atoms with Crippen molar-refractivity contribution in [3.05, 3.63) is 108 Å². The largest absolute Gasteiger partial charge is 4.00 e. The van der Waals surface area contributed by atoms with E-state index in [9.17, 15) is 27.2 Å². The van der Waals surface area contributed by atoms with Crippen LogP contribution in [0.2, 0.25) is 0 Å². The number of methoxy groups -OCH3 is 2. The van der Waals surface area contributed by atoms with Crippen molar-refractivity contribution in [2.45, 2.75) is 80.1 Å². The average Bonchev–Trinajstić information content (AvgIpc) is 3.87. The molecule has 2 aliphatic rings. The molecular weight excluding hydrogens is 720 g/mol. The Labute approximate surface area is 329 Å². The molecule has 0 aliphatic heterocycles. The molecule has 0 atom stereocenters. The number of nitrogens with zero attached hydrogens (tertiary/aromatic N) is 2. The number of hydrogen-bond donors (Lipinski definition) is 0. The molecular formula is C42H54F4N2O4Ti. The number of hydrogen-bond acceptors (Lipinski definition) is 4. The maximum absolute atomic E-state index is 13.9. The van der Waals surface area contributed by atoms with Crippen molar-refractivity contribution in [3.63, 3.8) is 0 Å². The molecule has 0 heterocycles. The zero-order valence-corrected chi connectivity index (χ0v) is 33.9. The molecule has 0 saturated carbocycles. The predicted octanol–water partition coefficient (Wildman–Crippen LogP) is 9.75. The number of ether oxygens (including phenoxy) is 2. The molecule has 0 aromatic heterocycles. The molecule has 53 heavy (non-hydrogen) atoms. The summed E-state index contributed by atoms with van der Waals surface area (Å²) in [4.78, 5) is 28.0. The first-order chi connectivity index (χ1) is 24.7. The van der Waals surface area contributed by atoms with Gasteiger partial charge in [-0.2, -0.15) is 12.2 Å². The smallest absolute Gasteiger partial charge is 0.383 e. The summed E-state index contributed by atoms with van der Waals surface area (Å²) in [7, 11) is 3.01. The Morgan fingerprint density at radius 1 is 0.679 bits per heavy atom. The van der Waals surface area contributed by atoms with Crippen LogP contribution in [-0.4, -0.2) is 52.3 Å². The van der Waals surface area contributed by atoms with Gasteiger partial charge in [-0.1, -0.05) is 54.4 Å². The minimum Gasteiger partial charge on any atom is -0.383 e. The molecule has 2 amide bonds. The van der Waals surface area contributed by atoms with Gasteiger partial charge < -0.3 is 19.3 Å². The normalized spacial score (nSPS) is 12.5. The number of rotatable bonds is 14. The molecule has 0 N–H and O–H groups in total. The third-order valence-corrected chi connectivity index (χ3v) is 7.87. The van der Waals surface area contributed by atoms with Gasteiger partial charge in [0.2, 0.25) is 11.8 Å². The molecule has 0 bridgehead atoms. The van der Waals surface area contributed by atoms with Crippen LogP contribution in [0.25, 0.3) is 0 Å². The van der Waals surface area contributed by atoms with Gasteiger partial charge in [-0.25, -0.2) is 41.9 Å². The maximum atomic E-state index is 13.9. The van der Waals surface area contributed by atoms with Gasteiger partial charge in [0.15, 0.2) is 0 Å². The summed E-state index contributed by atoms with van der Waals surface area (Å²) in [6, 6.07) is 8.64. The van der Waals surface area contributed by atoms with Crippen molar-refractivity contribution in [2.75, 3.05) is 50.3 Å². The third kappa shape index (κ3) is 18.1. The van der Waals surface area contributed by atoms with Crippen molar-refractivity contribution < 1.29 is 58.3 Å². The van der Waals surface area contributed by atoms with Crippen molar-refractivity contribution in [1.82, 2.24) is 0 Å². The Kier molecular flexibility index (Phi) is 24.8. The minimum absolute atomic E-state index is 0. The van der Waals surface area contributed by atoms with Gasteiger partial charge in [0, 0.05) is 61.4 Å². The van der Waals surface area contributed by atoms with E-state index in [1.165, 1.54) is 36.2 Å². The van der Waals surface area contributed by atoms with Gasteiger partial charge in [-0.05, 0) is 24.2 Å². The van der Waals surface area contributed by atoms with Crippen LogP contribution in [0.3, 0.4) is 0 Å². The van der Waals surface area contributed by atoms with Gasteiger partial charge in [-0.3, -0.25) is 21.7 Å². The number of carbonyl (C=O) groups excluding carboxylic acids is 2. The second kappa shape index (κ2) is 26.5. The van der Waals surface area contributed by atoms with Crippen LogP contribution in [0.1, 0.15) is 80.1 Å².